The first-order valence-corrected chi connectivity index (χ1v) is 7.65. The number of nitrogens with zero attached hydrogens (tertiary/aromatic N) is 2. The first kappa shape index (κ1) is 16.8. The standard InChI is InChI=1S/C18H15FN2O4/c1-12-7-9-13(10-8-12)15(11-21(23)24)18(19)16(20-25-17(18)22)14-5-3-2-4-6-14/h2-10,15H,11H2,1H3/t15-,18+/m1/s1. The molecule has 0 spiro atoms. The number of nitro groups is 1. The van der Waals surface area contributed by atoms with E-state index >= 15 is 4.39 Å². The van der Waals surface area contributed by atoms with E-state index < -0.39 is 29.0 Å². The summed E-state index contributed by atoms with van der Waals surface area (Å²) in [6.45, 7) is 1.08. The zero-order valence-corrected chi connectivity index (χ0v) is 13.4. The number of rotatable bonds is 5. The van der Waals surface area contributed by atoms with E-state index in [1.807, 2.05) is 6.92 Å². The van der Waals surface area contributed by atoms with Crippen LogP contribution in [0, 0.1) is 17.0 Å². The van der Waals surface area contributed by atoms with Gasteiger partial charge in [0.25, 0.3) is 5.67 Å². The van der Waals surface area contributed by atoms with E-state index in [1.165, 1.54) is 0 Å². The molecule has 0 radical (unpaired) electrons. The number of halogens is 1. The summed E-state index contributed by atoms with van der Waals surface area (Å²) in [4.78, 5) is 27.3. The minimum absolute atomic E-state index is 0.245. The fourth-order valence-corrected chi connectivity index (χ4v) is 2.89. The van der Waals surface area contributed by atoms with Crippen LogP contribution >= 0.6 is 0 Å². The number of alkyl halides is 1. The van der Waals surface area contributed by atoms with Gasteiger partial charge in [0, 0.05) is 10.5 Å². The Labute approximate surface area is 143 Å². The maximum Gasteiger partial charge on any atom is 0.379 e. The lowest BCUT2D eigenvalue weighted by Gasteiger charge is -2.25. The van der Waals surface area contributed by atoms with Crippen molar-refractivity contribution in [3.63, 3.8) is 0 Å². The summed E-state index contributed by atoms with van der Waals surface area (Å²) >= 11 is 0. The molecule has 0 bridgehead atoms. The van der Waals surface area contributed by atoms with Crippen molar-refractivity contribution in [3.8, 4) is 0 Å². The van der Waals surface area contributed by atoms with Crippen molar-refractivity contribution < 1.29 is 18.9 Å². The molecule has 0 saturated heterocycles. The summed E-state index contributed by atoms with van der Waals surface area (Å²) in [7, 11) is 0. The third-order valence-corrected chi connectivity index (χ3v) is 4.20. The molecule has 0 saturated carbocycles. The van der Waals surface area contributed by atoms with E-state index in [1.54, 1.807) is 54.6 Å². The number of benzene rings is 2. The number of carbonyl (C=O) groups is 1. The third kappa shape index (κ3) is 3.00. The number of hydrogen-bond acceptors (Lipinski definition) is 5. The van der Waals surface area contributed by atoms with Gasteiger partial charge in [0.2, 0.25) is 6.54 Å². The largest absolute Gasteiger partial charge is 0.379 e. The van der Waals surface area contributed by atoms with Crippen LogP contribution in [0.1, 0.15) is 22.6 Å². The molecule has 3 rings (SSSR count). The summed E-state index contributed by atoms with van der Waals surface area (Å²) in [6.07, 6.45) is 0. The molecule has 2 aromatic rings. The Hall–Kier alpha value is -3.09. The minimum Gasteiger partial charge on any atom is -0.314 e. The molecule has 0 aromatic heterocycles. The van der Waals surface area contributed by atoms with Gasteiger partial charge in [0.15, 0.2) is 0 Å². The van der Waals surface area contributed by atoms with Gasteiger partial charge in [-0.2, -0.15) is 0 Å². The summed E-state index contributed by atoms with van der Waals surface area (Å²) in [5.74, 6) is -2.59. The van der Waals surface area contributed by atoms with Crippen molar-refractivity contribution >= 4 is 11.7 Å². The van der Waals surface area contributed by atoms with Gasteiger partial charge >= 0.3 is 5.97 Å². The molecule has 2 aromatic carbocycles. The molecule has 128 valence electrons. The van der Waals surface area contributed by atoms with Crippen molar-refractivity contribution in [2.75, 3.05) is 6.54 Å². The topological polar surface area (TPSA) is 81.8 Å². The van der Waals surface area contributed by atoms with Crippen LogP contribution < -0.4 is 0 Å². The Balaban J connectivity index is 2.11. The highest BCUT2D eigenvalue weighted by Crippen LogP contribution is 2.40. The van der Waals surface area contributed by atoms with Crippen LogP contribution in [-0.4, -0.2) is 28.8 Å². The normalized spacial score (nSPS) is 20.7. The molecule has 0 N–H and O–H groups in total. The van der Waals surface area contributed by atoms with Crippen molar-refractivity contribution in [1.82, 2.24) is 0 Å². The fraction of sp³-hybridized carbons (Fsp3) is 0.222. The van der Waals surface area contributed by atoms with Gasteiger partial charge in [0.05, 0.1) is 5.92 Å². The van der Waals surface area contributed by atoms with Crippen LogP contribution in [0.15, 0.2) is 59.8 Å². The van der Waals surface area contributed by atoms with E-state index in [0.29, 0.717) is 11.1 Å². The Morgan fingerprint density at radius 3 is 2.44 bits per heavy atom. The minimum atomic E-state index is -2.73. The molecule has 1 heterocycles. The van der Waals surface area contributed by atoms with E-state index in [9.17, 15) is 14.9 Å². The second kappa shape index (κ2) is 6.43. The SMILES string of the molecule is Cc1ccc([C@@H](C[N+](=O)[O-])[C@@]2(F)C(=O)ON=C2c2ccccc2)cc1. The van der Waals surface area contributed by atoms with E-state index in [0.717, 1.165) is 5.56 Å². The molecule has 25 heavy (non-hydrogen) atoms. The Bertz CT molecular complexity index is 836. The lowest BCUT2D eigenvalue weighted by Crippen LogP contribution is -2.47. The van der Waals surface area contributed by atoms with Gasteiger partial charge in [-0.25, -0.2) is 9.18 Å². The monoisotopic (exact) mass is 342 g/mol. The lowest BCUT2D eigenvalue weighted by atomic mass is 9.78. The van der Waals surface area contributed by atoms with Gasteiger partial charge in [0.1, 0.15) is 5.71 Å². The van der Waals surface area contributed by atoms with E-state index in [2.05, 4.69) is 9.99 Å². The predicted molar refractivity (Wildman–Crippen MR) is 88.7 cm³/mol. The number of oxime groups is 1. The molecule has 2 atom stereocenters. The summed E-state index contributed by atoms with van der Waals surface area (Å²) in [5.41, 5.74) is -1.37. The Morgan fingerprint density at radius 1 is 1.20 bits per heavy atom. The smallest absolute Gasteiger partial charge is 0.314 e. The van der Waals surface area contributed by atoms with Gasteiger partial charge in [-0.15, -0.1) is 0 Å². The lowest BCUT2D eigenvalue weighted by molar-refractivity contribution is -0.485. The van der Waals surface area contributed by atoms with E-state index in [4.69, 9.17) is 0 Å². The molecule has 0 unspecified atom stereocenters. The van der Waals surface area contributed by atoms with Crippen LogP contribution in [-0.2, 0) is 9.63 Å². The molecule has 6 nitrogen and oxygen atoms in total. The first-order valence-electron chi connectivity index (χ1n) is 7.65. The zero-order chi connectivity index (χ0) is 18.0. The number of aryl methyl sites for hydroxylation is 1. The van der Waals surface area contributed by atoms with Crippen molar-refractivity contribution in [3.05, 3.63) is 81.4 Å². The van der Waals surface area contributed by atoms with E-state index in [-0.39, 0.29) is 5.71 Å². The third-order valence-electron chi connectivity index (χ3n) is 4.20. The summed E-state index contributed by atoms with van der Waals surface area (Å²) in [6, 6.07) is 14.8. The van der Waals surface area contributed by atoms with Crippen LogP contribution in [0.5, 0.6) is 0 Å². The predicted octanol–water partition coefficient (Wildman–Crippen LogP) is 3.02. The van der Waals surface area contributed by atoms with Crippen molar-refractivity contribution in [2.24, 2.45) is 5.16 Å². The highest BCUT2D eigenvalue weighted by atomic mass is 19.1. The molecular weight excluding hydrogens is 327 g/mol. The average molecular weight is 342 g/mol. The maximum absolute atomic E-state index is 16.0. The van der Waals surface area contributed by atoms with Crippen molar-refractivity contribution in [1.29, 1.82) is 0 Å². The second-order valence-corrected chi connectivity index (χ2v) is 5.88. The highest BCUT2D eigenvalue weighted by Gasteiger charge is 2.59. The highest BCUT2D eigenvalue weighted by molar-refractivity contribution is 6.21. The molecule has 1 aliphatic rings. The van der Waals surface area contributed by atoms with Crippen molar-refractivity contribution in [2.45, 2.75) is 18.5 Å². The molecule has 0 amide bonds. The average Bonchev–Trinajstić information content (AvgIpc) is 2.90. The molecule has 7 heteroatoms. The van der Waals surface area contributed by atoms with Gasteiger partial charge in [-0.3, -0.25) is 10.1 Å². The van der Waals surface area contributed by atoms with Gasteiger partial charge in [-0.05, 0) is 12.5 Å². The maximum atomic E-state index is 16.0. The second-order valence-electron chi connectivity index (χ2n) is 5.88. The van der Waals surface area contributed by atoms with Crippen LogP contribution in [0.3, 0.4) is 0 Å². The van der Waals surface area contributed by atoms with Gasteiger partial charge in [-0.1, -0.05) is 65.3 Å². The number of hydrogen-bond donors (Lipinski definition) is 0. The molecule has 1 aliphatic heterocycles. The van der Waals surface area contributed by atoms with Gasteiger partial charge < -0.3 is 4.84 Å². The summed E-state index contributed by atoms with van der Waals surface area (Å²) in [5, 5.41) is 14.7. The first-order chi connectivity index (χ1) is 11.9. The molecular formula is C18H15FN2O4. The fourth-order valence-electron chi connectivity index (χ4n) is 2.89. The zero-order valence-electron chi connectivity index (χ0n) is 13.4. The van der Waals surface area contributed by atoms with Crippen LogP contribution in [0.25, 0.3) is 0 Å². The molecule has 0 fully saturated rings. The Morgan fingerprint density at radius 2 is 1.84 bits per heavy atom. The Kier molecular flexibility index (Phi) is 4.31. The molecule has 0 aliphatic carbocycles. The summed E-state index contributed by atoms with van der Waals surface area (Å²) < 4.78 is 16.0. The quantitative estimate of drug-likeness (QED) is 0.475. The number of carbonyl (C=O) groups excluding carboxylic acids is 1. The van der Waals surface area contributed by atoms with Crippen LogP contribution in [0.2, 0.25) is 0 Å². The van der Waals surface area contributed by atoms with Crippen LogP contribution in [0.4, 0.5) is 4.39 Å².